The Labute approximate surface area is 108 Å². The highest BCUT2D eigenvalue weighted by atomic mass is 16.7. The summed E-state index contributed by atoms with van der Waals surface area (Å²) in [6.07, 6.45) is 5.00. The van der Waals surface area contributed by atoms with E-state index in [1.165, 1.54) is 0 Å². The van der Waals surface area contributed by atoms with Crippen LogP contribution in [0.2, 0.25) is 0 Å². The van der Waals surface area contributed by atoms with Crippen LogP contribution in [-0.4, -0.2) is 34.3 Å². The van der Waals surface area contributed by atoms with Crippen molar-refractivity contribution in [3.8, 4) is 0 Å². The predicted molar refractivity (Wildman–Crippen MR) is 70.3 cm³/mol. The lowest BCUT2D eigenvalue weighted by Crippen LogP contribution is -2.44. The molecule has 0 N–H and O–H groups in total. The molecule has 0 radical (unpaired) electrons. The third-order valence-corrected chi connectivity index (χ3v) is 3.85. The second kappa shape index (κ2) is 4.69. The molecule has 0 aliphatic carbocycles. The van der Waals surface area contributed by atoms with Crippen molar-refractivity contribution >= 4 is 5.71 Å². The third-order valence-electron chi connectivity index (χ3n) is 3.85. The number of pyridine rings is 1. The van der Waals surface area contributed by atoms with Crippen molar-refractivity contribution in [1.29, 1.82) is 0 Å². The van der Waals surface area contributed by atoms with Crippen LogP contribution in [0, 0.1) is 0 Å². The number of likely N-dealkylation sites (tertiary alicyclic amines) is 1. The van der Waals surface area contributed by atoms with Gasteiger partial charge in [-0.05, 0) is 19.1 Å². The van der Waals surface area contributed by atoms with Crippen molar-refractivity contribution in [2.24, 2.45) is 5.16 Å². The van der Waals surface area contributed by atoms with Gasteiger partial charge in [0.15, 0.2) is 0 Å². The van der Waals surface area contributed by atoms with Gasteiger partial charge < -0.3 is 4.84 Å². The van der Waals surface area contributed by atoms with Crippen LogP contribution < -0.4 is 0 Å². The molecule has 1 aromatic rings. The number of rotatable bonds is 2. The molecule has 0 unspecified atom stereocenters. The molecule has 4 nitrogen and oxygen atoms in total. The first kappa shape index (κ1) is 11.7. The van der Waals surface area contributed by atoms with Crippen molar-refractivity contribution in [2.45, 2.75) is 38.3 Å². The van der Waals surface area contributed by atoms with Crippen LogP contribution in [0.25, 0.3) is 0 Å². The molecule has 1 saturated heterocycles. The van der Waals surface area contributed by atoms with E-state index in [2.05, 4.69) is 28.0 Å². The molecule has 0 amide bonds. The minimum Gasteiger partial charge on any atom is -0.389 e. The highest BCUT2D eigenvalue weighted by Crippen LogP contribution is 2.34. The summed E-state index contributed by atoms with van der Waals surface area (Å²) in [5, 5.41) is 4.11. The summed E-state index contributed by atoms with van der Waals surface area (Å²) in [6, 6.07) is 6.09. The van der Waals surface area contributed by atoms with Crippen molar-refractivity contribution in [1.82, 2.24) is 9.88 Å². The molecule has 0 saturated carbocycles. The predicted octanol–water partition coefficient (Wildman–Crippen LogP) is 2.21. The molecule has 3 rings (SSSR count). The van der Waals surface area contributed by atoms with Crippen molar-refractivity contribution in [2.75, 3.05) is 13.1 Å². The summed E-state index contributed by atoms with van der Waals surface area (Å²) < 4.78 is 0. The van der Waals surface area contributed by atoms with E-state index in [1.54, 1.807) is 0 Å². The molecule has 0 aromatic carbocycles. The maximum atomic E-state index is 5.64. The molecule has 0 atom stereocenters. The smallest absolute Gasteiger partial charge is 0.145 e. The summed E-state index contributed by atoms with van der Waals surface area (Å²) in [7, 11) is 0. The zero-order chi connectivity index (χ0) is 12.4. The van der Waals surface area contributed by atoms with Gasteiger partial charge in [0.25, 0.3) is 0 Å². The summed E-state index contributed by atoms with van der Waals surface area (Å²) in [5.74, 6) is 0. The molecule has 4 heteroatoms. The molecule has 1 spiro atoms. The Hall–Kier alpha value is -1.42. The van der Waals surface area contributed by atoms with Gasteiger partial charge in [-0.2, -0.15) is 0 Å². The molecule has 2 aliphatic heterocycles. The number of piperidine rings is 1. The van der Waals surface area contributed by atoms with E-state index in [1.807, 2.05) is 18.3 Å². The van der Waals surface area contributed by atoms with Crippen LogP contribution in [0.3, 0.4) is 0 Å². The van der Waals surface area contributed by atoms with E-state index in [4.69, 9.17) is 4.84 Å². The first-order chi connectivity index (χ1) is 8.76. The number of hydrogen-bond donors (Lipinski definition) is 0. The van der Waals surface area contributed by atoms with Crippen LogP contribution in [-0.2, 0) is 11.4 Å². The molecule has 1 fully saturated rings. The van der Waals surface area contributed by atoms with E-state index in [0.717, 1.165) is 50.3 Å². The Kier molecular flexibility index (Phi) is 3.04. The SMILES string of the molecule is CC1=NOC2(CCN(Cc3ccccn3)CC2)C1. The molecule has 96 valence electrons. The second-order valence-corrected chi connectivity index (χ2v) is 5.37. The molecule has 1 aromatic heterocycles. The van der Waals surface area contributed by atoms with Gasteiger partial charge in [0.2, 0.25) is 0 Å². The van der Waals surface area contributed by atoms with Crippen LogP contribution in [0.5, 0.6) is 0 Å². The average Bonchev–Trinajstić information content (AvgIpc) is 2.75. The quantitative estimate of drug-likeness (QED) is 0.801. The first-order valence-corrected chi connectivity index (χ1v) is 6.60. The monoisotopic (exact) mass is 245 g/mol. The van der Waals surface area contributed by atoms with Gasteiger partial charge in [-0.3, -0.25) is 9.88 Å². The van der Waals surface area contributed by atoms with Gasteiger partial charge >= 0.3 is 0 Å². The summed E-state index contributed by atoms with van der Waals surface area (Å²) in [6.45, 7) is 5.13. The lowest BCUT2D eigenvalue weighted by molar-refractivity contribution is -0.0628. The van der Waals surface area contributed by atoms with Crippen molar-refractivity contribution < 1.29 is 4.84 Å². The van der Waals surface area contributed by atoms with Gasteiger partial charge in [-0.15, -0.1) is 0 Å². The fourth-order valence-corrected chi connectivity index (χ4v) is 2.81. The molecule has 2 aliphatic rings. The molecule has 3 heterocycles. The number of oxime groups is 1. The average molecular weight is 245 g/mol. The largest absolute Gasteiger partial charge is 0.389 e. The Balaban J connectivity index is 1.55. The van der Waals surface area contributed by atoms with Crippen LogP contribution in [0.15, 0.2) is 29.6 Å². The third kappa shape index (κ3) is 2.38. The van der Waals surface area contributed by atoms with E-state index in [-0.39, 0.29) is 5.60 Å². The summed E-state index contributed by atoms with van der Waals surface area (Å²) in [4.78, 5) is 12.5. The number of nitrogens with zero attached hydrogens (tertiary/aromatic N) is 3. The minimum absolute atomic E-state index is 0.00466. The standard InChI is InChI=1S/C14H19N3O/c1-12-10-14(18-16-12)5-8-17(9-6-14)11-13-4-2-3-7-15-13/h2-4,7H,5-6,8-11H2,1H3. The van der Waals surface area contributed by atoms with Gasteiger partial charge in [0, 0.05) is 45.1 Å². The summed E-state index contributed by atoms with van der Waals surface area (Å²) >= 11 is 0. The second-order valence-electron chi connectivity index (χ2n) is 5.37. The molecular formula is C14H19N3O. The Morgan fingerprint density at radius 2 is 2.17 bits per heavy atom. The highest BCUT2D eigenvalue weighted by Gasteiger charge is 2.40. The maximum Gasteiger partial charge on any atom is 0.145 e. The number of aromatic nitrogens is 1. The normalized spacial score (nSPS) is 22.8. The van der Waals surface area contributed by atoms with Gasteiger partial charge in [0.05, 0.1) is 11.4 Å². The van der Waals surface area contributed by atoms with Crippen LogP contribution in [0.4, 0.5) is 0 Å². The van der Waals surface area contributed by atoms with E-state index in [9.17, 15) is 0 Å². The van der Waals surface area contributed by atoms with E-state index in [0.29, 0.717) is 0 Å². The zero-order valence-corrected chi connectivity index (χ0v) is 10.8. The lowest BCUT2D eigenvalue weighted by atomic mass is 9.87. The molecule has 18 heavy (non-hydrogen) atoms. The van der Waals surface area contributed by atoms with Crippen LogP contribution in [0.1, 0.15) is 31.9 Å². The van der Waals surface area contributed by atoms with Crippen LogP contribution >= 0.6 is 0 Å². The van der Waals surface area contributed by atoms with E-state index >= 15 is 0 Å². The lowest BCUT2D eigenvalue weighted by Gasteiger charge is -2.37. The van der Waals surface area contributed by atoms with E-state index < -0.39 is 0 Å². The molecular weight excluding hydrogens is 226 g/mol. The Bertz CT molecular complexity index is 436. The van der Waals surface area contributed by atoms with Gasteiger partial charge in [0.1, 0.15) is 5.60 Å². The van der Waals surface area contributed by atoms with Crippen molar-refractivity contribution in [3.05, 3.63) is 30.1 Å². The number of hydrogen-bond acceptors (Lipinski definition) is 4. The zero-order valence-electron chi connectivity index (χ0n) is 10.8. The summed E-state index contributed by atoms with van der Waals surface area (Å²) in [5.41, 5.74) is 2.28. The highest BCUT2D eigenvalue weighted by molar-refractivity contribution is 5.83. The fourth-order valence-electron chi connectivity index (χ4n) is 2.81. The Morgan fingerprint density at radius 1 is 1.33 bits per heavy atom. The van der Waals surface area contributed by atoms with Gasteiger partial charge in [-0.25, -0.2) is 0 Å². The van der Waals surface area contributed by atoms with Gasteiger partial charge in [-0.1, -0.05) is 11.2 Å². The minimum atomic E-state index is 0.00466. The Morgan fingerprint density at radius 3 is 2.78 bits per heavy atom. The van der Waals surface area contributed by atoms with Crippen molar-refractivity contribution in [3.63, 3.8) is 0 Å². The fraction of sp³-hybridized carbons (Fsp3) is 0.571. The topological polar surface area (TPSA) is 37.7 Å². The molecule has 0 bridgehead atoms. The maximum absolute atomic E-state index is 5.64. The first-order valence-electron chi connectivity index (χ1n) is 6.60.